The molecule has 0 amide bonds. The summed E-state index contributed by atoms with van der Waals surface area (Å²) in [5.41, 5.74) is 13.9. The van der Waals surface area contributed by atoms with Gasteiger partial charge in [0.25, 0.3) is 0 Å². The van der Waals surface area contributed by atoms with Gasteiger partial charge < -0.3 is 0 Å². The lowest BCUT2D eigenvalue weighted by molar-refractivity contribution is 0.813. The van der Waals surface area contributed by atoms with Crippen molar-refractivity contribution in [1.82, 2.24) is 0 Å². The van der Waals surface area contributed by atoms with Gasteiger partial charge in [0.05, 0.1) is 0 Å². The Morgan fingerprint density at radius 3 is 0.765 bits per heavy atom. The van der Waals surface area contributed by atoms with Gasteiger partial charge in [0.1, 0.15) is 0 Å². The number of hydrogen-bond donors (Lipinski definition) is 0. The van der Waals surface area contributed by atoms with Crippen LogP contribution in [0.15, 0.2) is 36.4 Å². The molecule has 0 heterocycles. The first-order chi connectivity index (χ1) is 23.7. The Morgan fingerprint density at radius 1 is 0.314 bits per heavy atom. The first kappa shape index (κ1) is 42.2. The molecule has 0 N–H and O–H groups in total. The van der Waals surface area contributed by atoms with Crippen molar-refractivity contribution in [3.63, 3.8) is 0 Å². The molecule has 0 saturated carbocycles. The normalized spacial score (nSPS) is 13.3. The number of benzene rings is 3. The Labute approximate surface area is 319 Å². The first-order valence-corrected chi connectivity index (χ1v) is 23.0. The Morgan fingerprint density at radius 2 is 0.549 bits per heavy atom. The largest absolute Gasteiger partial charge is 0.0587 e. The topological polar surface area (TPSA) is 0 Å². The van der Waals surface area contributed by atoms with E-state index < -0.39 is 0 Å². The van der Waals surface area contributed by atoms with Gasteiger partial charge in [-0.15, -0.1) is 0 Å². The number of hydrogen-bond acceptors (Lipinski definition) is 0. The zero-order valence-electron chi connectivity index (χ0n) is 35.6. The maximum atomic E-state index is 2.56. The van der Waals surface area contributed by atoms with Crippen molar-refractivity contribution in [2.75, 3.05) is 0 Å². The molecule has 0 aliphatic heterocycles. The molecule has 0 spiro atoms. The molecule has 0 saturated heterocycles. The predicted molar refractivity (Wildman–Crippen MR) is 240 cm³/mol. The van der Waals surface area contributed by atoms with Crippen LogP contribution in [0.4, 0.5) is 0 Å². The molecule has 0 aliphatic rings. The van der Waals surface area contributed by atoms with E-state index in [1.165, 1.54) is 24.9 Å². The molecule has 0 bridgehead atoms. The molecule has 51 heavy (non-hydrogen) atoms. The van der Waals surface area contributed by atoms with Crippen molar-refractivity contribution in [1.29, 1.82) is 0 Å². The van der Waals surface area contributed by atoms with Crippen LogP contribution in [0.1, 0.15) is 228 Å². The molecule has 0 fully saturated rings. The SMILES string of the molecule is CC(C)c1cc(C(C)C)c(P=c2c(Pc3c(C(C)C)cc(C(C)C)cc3C(C)C)c2Pc2c(C(C)C)cc(C(C)C)cc2C(C)C)c(C(C)C)c1. The van der Waals surface area contributed by atoms with E-state index in [2.05, 4.69) is 161 Å². The van der Waals surface area contributed by atoms with E-state index in [0.717, 1.165) is 0 Å². The summed E-state index contributed by atoms with van der Waals surface area (Å²) in [5.74, 6) is 4.59. The summed E-state index contributed by atoms with van der Waals surface area (Å²) in [5, 5.41) is 8.17. The van der Waals surface area contributed by atoms with Crippen LogP contribution in [0.2, 0.25) is 0 Å². The third-order valence-electron chi connectivity index (χ3n) is 10.8. The van der Waals surface area contributed by atoms with Crippen molar-refractivity contribution >= 4 is 51.9 Å². The van der Waals surface area contributed by atoms with E-state index >= 15 is 0 Å². The summed E-state index contributed by atoms with van der Waals surface area (Å²) >= 11 is 0. The highest BCUT2D eigenvalue weighted by molar-refractivity contribution is 7.65. The van der Waals surface area contributed by atoms with Crippen LogP contribution >= 0.6 is 25.4 Å². The van der Waals surface area contributed by atoms with Crippen molar-refractivity contribution in [3.05, 3.63) is 91.4 Å². The summed E-state index contributed by atoms with van der Waals surface area (Å²) < 4.78 is 0. The second-order valence-electron chi connectivity index (χ2n) is 18.0. The summed E-state index contributed by atoms with van der Waals surface area (Å²) in [7, 11) is 2.83. The van der Waals surface area contributed by atoms with Gasteiger partial charge in [-0.2, -0.15) is 0 Å². The summed E-state index contributed by atoms with van der Waals surface area (Å²) in [6.45, 7) is 43.0. The zero-order chi connectivity index (χ0) is 38.2. The highest BCUT2D eigenvalue weighted by Gasteiger charge is 2.28. The van der Waals surface area contributed by atoms with Crippen LogP contribution in [-0.2, 0) is 0 Å². The van der Waals surface area contributed by atoms with Crippen LogP contribution in [0.3, 0.4) is 0 Å². The molecule has 4 rings (SSSR count). The van der Waals surface area contributed by atoms with Crippen molar-refractivity contribution in [2.45, 2.75) is 178 Å². The zero-order valence-corrected chi connectivity index (χ0v) is 38.5. The van der Waals surface area contributed by atoms with Gasteiger partial charge >= 0.3 is 0 Å². The second-order valence-corrected chi connectivity index (χ2v) is 21.7. The molecule has 3 heteroatoms. The minimum absolute atomic E-state index is 0.493. The van der Waals surface area contributed by atoms with Crippen LogP contribution in [0, 0.1) is 4.94 Å². The lowest BCUT2D eigenvalue weighted by Gasteiger charge is -2.23. The first-order valence-electron chi connectivity index (χ1n) is 20.2. The van der Waals surface area contributed by atoms with Gasteiger partial charge in [0, 0.05) is 10.2 Å². The van der Waals surface area contributed by atoms with Crippen LogP contribution < -0.4 is 26.5 Å². The average Bonchev–Trinajstić information content (AvgIpc) is 3.68. The molecular weight excluding hydrogens is 669 g/mol. The van der Waals surface area contributed by atoms with Crippen LogP contribution in [0.5, 0.6) is 0 Å². The molecule has 4 aromatic rings. The molecule has 0 radical (unpaired) electrons. The van der Waals surface area contributed by atoms with Gasteiger partial charge in [0.15, 0.2) is 0 Å². The molecule has 4 aromatic carbocycles. The average molecular weight is 741 g/mol. The molecule has 278 valence electrons. The maximum absolute atomic E-state index is 2.56. The summed E-state index contributed by atoms with van der Waals surface area (Å²) in [6.07, 6.45) is 0. The molecular formula is C48H71P3. The highest BCUT2D eigenvalue weighted by Crippen LogP contribution is 2.38. The fourth-order valence-corrected chi connectivity index (χ4v) is 13.4. The minimum Gasteiger partial charge on any atom is -0.0587 e. The molecule has 0 aliphatic carbocycles. The molecule has 2 unspecified atom stereocenters. The predicted octanol–water partition coefficient (Wildman–Crippen LogP) is 13.7. The van der Waals surface area contributed by atoms with Gasteiger partial charge in [0.2, 0.25) is 0 Å². The monoisotopic (exact) mass is 740 g/mol. The van der Waals surface area contributed by atoms with Crippen molar-refractivity contribution in [2.24, 2.45) is 0 Å². The van der Waals surface area contributed by atoms with Crippen molar-refractivity contribution in [3.8, 4) is 0 Å². The third-order valence-corrected chi connectivity index (χ3v) is 16.0. The summed E-state index contributed by atoms with van der Waals surface area (Å²) in [6, 6.07) is 15.3. The van der Waals surface area contributed by atoms with E-state index in [0.29, 0.717) is 70.4 Å². The molecule has 0 nitrogen and oxygen atoms in total. The van der Waals surface area contributed by atoms with E-state index in [4.69, 9.17) is 0 Å². The summed E-state index contributed by atoms with van der Waals surface area (Å²) in [4.78, 5) is 1.64. The fourth-order valence-electron chi connectivity index (χ4n) is 7.14. The fraction of sp³-hybridized carbons (Fsp3) is 0.562. The minimum atomic E-state index is 0.493. The van der Waals surface area contributed by atoms with E-state index in [9.17, 15) is 0 Å². The Balaban J connectivity index is 2.07. The quantitative estimate of drug-likeness (QED) is 0.113. The van der Waals surface area contributed by atoms with Crippen LogP contribution in [0.25, 0.3) is 0 Å². The Hall–Kier alpha value is -1.57. The maximum Gasteiger partial charge on any atom is 0.0192 e. The van der Waals surface area contributed by atoms with Gasteiger partial charge in [-0.05, 0) is 125 Å². The standard InChI is InChI=1S/C48H71P3/c1-25(2)34-19-37(28(7)8)43(38(20-34)29(9)10)49-46-47(50-44-39(30(11)12)21-35(26(3)4)22-40(44)31(13)14)48(46)51-45-41(32(15)16)23-36(27(5)6)24-42(45)33(17)18/h19-33,49-50H,1-18H3. The van der Waals surface area contributed by atoms with E-state index in [1.54, 1.807) is 64.8 Å². The second kappa shape index (κ2) is 17.3. The van der Waals surface area contributed by atoms with E-state index in [1.807, 2.05) is 0 Å². The lowest BCUT2D eigenvalue weighted by atomic mass is 9.89. The van der Waals surface area contributed by atoms with E-state index in [-0.39, 0.29) is 0 Å². The van der Waals surface area contributed by atoms with Crippen LogP contribution in [-0.4, -0.2) is 0 Å². The van der Waals surface area contributed by atoms with Gasteiger partial charge in [-0.3, -0.25) is 0 Å². The Bertz CT molecular complexity index is 1650. The highest BCUT2D eigenvalue weighted by atomic mass is 31.1. The lowest BCUT2D eigenvalue weighted by Crippen LogP contribution is -2.19. The van der Waals surface area contributed by atoms with Gasteiger partial charge in [-0.1, -0.05) is 186 Å². The molecule has 2 atom stereocenters. The Kier molecular flexibility index (Phi) is 14.3. The number of rotatable bonds is 14. The van der Waals surface area contributed by atoms with Gasteiger partial charge in [-0.25, -0.2) is 0 Å². The smallest absolute Gasteiger partial charge is 0.0192 e. The third kappa shape index (κ3) is 9.57. The molecule has 0 aromatic heterocycles. The van der Waals surface area contributed by atoms with Crippen molar-refractivity contribution < 1.29 is 0 Å².